The summed E-state index contributed by atoms with van der Waals surface area (Å²) < 4.78 is 27.8. The molecule has 0 heterocycles. The zero-order valence-electron chi connectivity index (χ0n) is 15.2. The van der Waals surface area contributed by atoms with E-state index in [0.717, 1.165) is 5.56 Å². The molecule has 3 aromatic carbocycles. The van der Waals surface area contributed by atoms with Crippen LogP contribution in [0.1, 0.15) is 21.5 Å². The van der Waals surface area contributed by atoms with Gasteiger partial charge in [0.1, 0.15) is 5.75 Å². The van der Waals surface area contributed by atoms with E-state index in [2.05, 4.69) is 4.72 Å². The van der Waals surface area contributed by atoms with E-state index in [9.17, 15) is 18.3 Å². The Bertz CT molecular complexity index is 1120. The molecule has 5 nitrogen and oxygen atoms in total. The van der Waals surface area contributed by atoms with Crippen LogP contribution in [0.4, 0.5) is 5.69 Å². The minimum absolute atomic E-state index is 0.0897. The van der Waals surface area contributed by atoms with Crippen LogP contribution in [0.15, 0.2) is 83.8 Å². The summed E-state index contributed by atoms with van der Waals surface area (Å²) in [6.07, 6.45) is 2.88. The molecule has 2 N–H and O–H groups in total. The topological polar surface area (TPSA) is 83.5 Å². The van der Waals surface area contributed by atoms with E-state index in [1.165, 1.54) is 42.5 Å². The van der Waals surface area contributed by atoms with E-state index in [4.69, 9.17) is 0 Å². The van der Waals surface area contributed by atoms with Crippen molar-refractivity contribution in [2.24, 2.45) is 0 Å². The maximum absolute atomic E-state index is 12.7. The summed E-state index contributed by atoms with van der Waals surface area (Å²) in [5, 5.41) is 9.77. The summed E-state index contributed by atoms with van der Waals surface area (Å²) in [4.78, 5) is 12.4. The first kappa shape index (κ1) is 19.4. The van der Waals surface area contributed by atoms with Gasteiger partial charge in [0.2, 0.25) is 0 Å². The molecular formula is C22H19NO4S. The van der Waals surface area contributed by atoms with Gasteiger partial charge < -0.3 is 5.11 Å². The summed E-state index contributed by atoms with van der Waals surface area (Å²) in [7, 11) is -3.84. The number of aromatic hydroxyl groups is 1. The molecule has 0 fully saturated rings. The van der Waals surface area contributed by atoms with Crippen molar-refractivity contribution in [2.75, 3.05) is 4.72 Å². The summed E-state index contributed by atoms with van der Waals surface area (Å²) >= 11 is 0. The largest absolute Gasteiger partial charge is 0.508 e. The number of phenols is 1. The number of sulfonamides is 1. The van der Waals surface area contributed by atoms with Crippen molar-refractivity contribution in [3.05, 3.63) is 95.6 Å². The molecule has 0 aromatic heterocycles. The average molecular weight is 393 g/mol. The molecule has 0 bridgehead atoms. The number of hydrogen-bond donors (Lipinski definition) is 2. The van der Waals surface area contributed by atoms with E-state index in [0.29, 0.717) is 11.1 Å². The number of hydrogen-bond acceptors (Lipinski definition) is 4. The Morgan fingerprint density at radius 2 is 1.64 bits per heavy atom. The van der Waals surface area contributed by atoms with Gasteiger partial charge in [-0.05, 0) is 48.9 Å². The zero-order chi connectivity index (χ0) is 20.1. The highest BCUT2D eigenvalue weighted by Crippen LogP contribution is 2.26. The summed E-state index contributed by atoms with van der Waals surface area (Å²) in [5.41, 5.74) is 2.11. The molecule has 0 spiro atoms. The lowest BCUT2D eigenvalue weighted by atomic mass is 10.1. The second kappa shape index (κ2) is 8.10. The molecule has 0 unspecified atom stereocenters. The number of ketones is 1. The third kappa shape index (κ3) is 4.66. The molecule has 0 radical (unpaired) electrons. The predicted octanol–water partition coefficient (Wildman–Crippen LogP) is 4.40. The predicted molar refractivity (Wildman–Crippen MR) is 110 cm³/mol. The molecule has 142 valence electrons. The zero-order valence-corrected chi connectivity index (χ0v) is 16.0. The first-order valence-electron chi connectivity index (χ1n) is 8.55. The summed E-state index contributed by atoms with van der Waals surface area (Å²) in [6.45, 7) is 1.87. The highest BCUT2D eigenvalue weighted by atomic mass is 32.2. The molecular weight excluding hydrogens is 374 g/mol. The fourth-order valence-electron chi connectivity index (χ4n) is 2.56. The maximum atomic E-state index is 12.7. The minimum atomic E-state index is -3.84. The monoisotopic (exact) mass is 393 g/mol. The van der Waals surface area contributed by atoms with Crippen LogP contribution in [0.2, 0.25) is 0 Å². The number of phenolic OH excluding ortho intramolecular Hbond substituents is 1. The number of carbonyl (C=O) groups is 1. The summed E-state index contributed by atoms with van der Waals surface area (Å²) in [5.74, 6) is -0.297. The van der Waals surface area contributed by atoms with Crippen LogP contribution in [0.25, 0.3) is 6.08 Å². The fourth-order valence-corrected chi connectivity index (χ4v) is 3.64. The van der Waals surface area contributed by atoms with Crippen LogP contribution in [-0.2, 0) is 10.0 Å². The minimum Gasteiger partial charge on any atom is -0.508 e. The quantitative estimate of drug-likeness (QED) is 0.480. The number of rotatable bonds is 6. The number of carbonyl (C=O) groups excluding carboxylic acids is 1. The fraction of sp³-hybridized carbons (Fsp3) is 0.0455. The molecule has 0 saturated heterocycles. The normalized spacial score (nSPS) is 11.5. The van der Waals surface area contributed by atoms with Crippen molar-refractivity contribution in [1.82, 2.24) is 0 Å². The molecule has 3 aromatic rings. The van der Waals surface area contributed by atoms with Gasteiger partial charge in [0.05, 0.1) is 10.6 Å². The lowest BCUT2D eigenvalue weighted by Gasteiger charge is -2.11. The van der Waals surface area contributed by atoms with E-state index in [1.54, 1.807) is 36.4 Å². The third-order valence-electron chi connectivity index (χ3n) is 4.09. The highest BCUT2D eigenvalue weighted by molar-refractivity contribution is 7.92. The first-order valence-corrected chi connectivity index (χ1v) is 10.0. The van der Waals surface area contributed by atoms with Crippen LogP contribution < -0.4 is 4.72 Å². The van der Waals surface area contributed by atoms with E-state index in [-0.39, 0.29) is 22.1 Å². The molecule has 3 rings (SSSR count). The lowest BCUT2D eigenvalue weighted by Crippen LogP contribution is -2.13. The molecule has 0 atom stereocenters. The van der Waals surface area contributed by atoms with Crippen LogP contribution in [-0.4, -0.2) is 19.3 Å². The Kier molecular flexibility index (Phi) is 5.61. The Morgan fingerprint density at radius 1 is 0.964 bits per heavy atom. The molecule has 0 aliphatic heterocycles. The number of aryl methyl sites for hydroxylation is 1. The molecule has 28 heavy (non-hydrogen) atoms. The van der Waals surface area contributed by atoms with Gasteiger partial charge in [0, 0.05) is 11.6 Å². The van der Waals surface area contributed by atoms with Crippen LogP contribution in [0.5, 0.6) is 5.75 Å². The molecule has 6 heteroatoms. The second-order valence-electron chi connectivity index (χ2n) is 6.25. The van der Waals surface area contributed by atoms with Gasteiger partial charge >= 0.3 is 0 Å². The van der Waals surface area contributed by atoms with Gasteiger partial charge in [-0.2, -0.15) is 0 Å². The molecule has 0 amide bonds. The van der Waals surface area contributed by atoms with Crippen LogP contribution in [0, 0.1) is 6.92 Å². The molecule has 0 aliphatic rings. The SMILES string of the molecule is Cc1ccc(S(=O)(=O)Nc2cc(O)ccc2/C=C/C(=O)c2ccccc2)cc1. The lowest BCUT2D eigenvalue weighted by molar-refractivity contribution is 0.104. The molecule has 0 saturated carbocycles. The van der Waals surface area contributed by atoms with Gasteiger partial charge in [0.15, 0.2) is 5.78 Å². The standard InChI is InChI=1S/C22H19NO4S/c1-16-7-12-20(13-8-16)28(26,27)23-21-15-19(24)11-9-17(21)10-14-22(25)18-5-3-2-4-6-18/h2-15,23-24H,1H3/b14-10+. The van der Waals surface area contributed by atoms with Gasteiger partial charge in [-0.1, -0.05) is 48.0 Å². The van der Waals surface area contributed by atoms with Gasteiger partial charge in [-0.25, -0.2) is 8.42 Å². The number of nitrogens with one attached hydrogen (secondary N) is 1. The van der Waals surface area contributed by atoms with Crippen molar-refractivity contribution in [2.45, 2.75) is 11.8 Å². The Balaban J connectivity index is 1.90. The Labute approximate surface area is 164 Å². The maximum Gasteiger partial charge on any atom is 0.261 e. The van der Waals surface area contributed by atoms with Crippen molar-refractivity contribution in [1.29, 1.82) is 0 Å². The highest BCUT2D eigenvalue weighted by Gasteiger charge is 2.16. The van der Waals surface area contributed by atoms with Crippen molar-refractivity contribution in [3.8, 4) is 5.75 Å². The average Bonchev–Trinajstić information content (AvgIpc) is 2.68. The summed E-state index contributed by atoms with van der Waals surface area (Å²) in [6, 6.07) is 19.4. The van der Waals surface area contributed by atoms with E-state index in [1.807, 2.05) is 13.0 Å². The first-order chi connectivity index (χ1) is 13.3. The van der Waals surface area contributed by atoms with Crippen molar-refractivity contribution >= 4 is 27.6 Å². The number of benzene rings is 3. The smallest absolute Gasteiger partial charge is 0.261 e. The van der Waals surface area contributed by atoms with Crippen molar-refractivity contribution < 1.29 is 18.3 Å². The second-order valence-corrected chi connectivity index (χ2v) is 7.94. The van der Waals surface area contributed by atoms with Crippen LogP contribution in [0.3, 0.4) is 0 Å². The number of anilines is 1. The van der Waals surface area contributed by atoms with Gasteiger partial charge in [0.25, 0.3) is 10.0 Å². The number of allylic oxidation sites excluding steroid dienone is 1. The van der Waals surface area contributed by atoms with Gasteiger partial charge in [-0.3, -0.25) is 9.52 Å². The van der Waals surface area contributed by atoms with Crippen LogP contribution >= 0.6 is 0 Å². The van der Waals surface area contributed by atoms with E-state index >= 15 is 0 Å². The van der Waals surface area contributed by atoms with E-state index < -0.39 is 10.0 Å². The van der Waals surface area contributed by atoms with Crippen molar-refractivity contribution in [3.63, 3.8) is 0 Å². The van der Waals surface area contributed by atoms with Gasteiger partial charge in [-0.15, -0.1) is 0 Å². The Hall–Kier alpha value is -3.38. The Morgan fingerprint density at radius 3 is 2.32 bits per heavy atom. The molecule has 0 aliphatic carbocycles. The third-order valence-corrected chi connectivity index (χ3v) is 5.47.